The van der Waals surface area contributed by atoms with E-state index in [0.29, 0.717) is 0 Å². The van der Waals surface area contributed by atoms with E-state index in [2.05, 4.69) is 5.32 Å². The minimum atomic E-state index is -3.67. The molecular formula is C13H16F3NO3. The Balaban J connectivity index is 2.86. The van der Waals surface area contributed by atoms with Gasteiger partial charge in [-0.3, -0.25) is 5.32 Å². The highest BCUT2D eigenvalue weighted by Gasteiger charge is 2.33. The number of carbonyl (C=O) groups excluding carboxylic acids is 1. The van der Waals surface area contributed by atoms with E-state index in [-0.39, 0.29) is 5.69 Å². The molecule has 7 heteroatoms. The first-order valence-corrected chi connectivity index (χ1v) is 5.84. The van der Waals surface area contributed by atoms with Crippen LogP contribution in [0.2, 0.25) is 0 Å². The molecule has 0 saturated heterocycles. The Morgan fingerprint density at radius 3 is 2.40 bits per heavy atom. The van der Waals surface area contributed by atoms with Crippen LogP contribution in [0, 0.1) is 5.82 Å². The lowest BCUT2D eigenvalue weighted by molar-refractivity contribution is -0.0582. The van der Waals surface area contributed by atoms with Gasteiger partial charge in [0.05, 0.1) is 5.56 Å². The van der Waals surface area contributed by atoms with Crippen molar-refractivity contribution < 1.29 is 27.8 Å². The number of nitrogens with one attached hydrogen (secondary N) is 1. The van der Waals surface area contributed by atoms with Crippen LogP contribution in [0.3, 0.4) is 0 Å². The van der Waals surface area contributed by atoms with Crippen LogP contribution < -0.4 is 5.32 Å². The summed E-state index contributed by atoms with van der Waals surface area (Å²) in [5.41, 5.74) is -1.68. The molecule has 0 radical (unpaired) electrons. The predicted octanol–water partition coefficient (Wildman–Crippen LogP) is 3.26. The first-order valence-electron chi connectivity index (χ1n) is 5.84. The molecule has 1 aromatic carbocycles. The number of anilines is 1. The normalized spacial score (nSPS) is 12.2. The van der Waals surface area contributed by atoms with E-state index in [4.69, 9.17) is 9.84 Å². The van der Waals surface area contributed by atoms with Crippen LogP contribution in [0.15, 0.2) is 18.2 Å². The van der Waals surface area contributed by atoms with E-state index in [1.807, 2.05) is 0 Å². The van der Waals surface area contributed by atoms with Crippen molar-refractivity contribution in [3.8, 4) is 0 Å². The highest BCUT2D eigenvalue weighted by molar-refractivity contribution is 5.84. The van der Waals surface area contributed by atoms with Crippen molar-refractivity contribution in [2.45, 2.75) is 32.3 Å². The molecule has 20 heavy (non-hydrogen) atoms. The summed E-state index contributed by atoms with van der Waals surface area (Å²) in [6.07, 6.45) is -0.821. The third kappa shape index (κ3) is 4.41. The average molecular weight is 291 g/mol. The monoisotopic (exact) mass is 291 g/mol. The molecule has 0 heterocycles. The molecular weight excluding hydrogens is 275 g/mol. The lowest BCUT2D eigenvalue weighted by atomic mass is 10.1. The van der Waals surface area contributed by atoms with Crippen LogP contribution in [0.4, 0.5) is 23.7 Å². The molecule has 0 aromatic heterocycles. The maximum absolute atomic E-state index is 13.5. The van der Waals surface area contributed by atoms with Crippen LogP contribution >= 0.6 is 0 Å². The van der Waals surface area contributed by atoms with Crippen molar-refractivity contribution in [3.63, 3.8) is 0 Å². The number of hydrogen-bond acceptors (Lipinski definition) is 3. The van der Waals surface area contributed by atoms with Gasteiger partial charge < -0.3 is 9.84 Å². The number of rotatable bonds is 3. The summed E-state index contributed by atoms with van der Waals surface area (Å²) >= 11 is 0. The predicted molar refractivity (Wildman–Crippen MR) is 67.2 cm³/mol. The molecule has 1 rings (SSSR count). The van der Waals surface area contributed by atoms with Gasteiger partial charge in [-0.1, -0.05) is 0 Å². The fraction of sp³-hybridized carbons (Fsp3) is 0.462. The van der Waals surface area contributed by atoms with Crippen LogP contribution in [0.1, 0.15) is 26.3 Å². The van der Waals surface area contributed by atoms with Gasteiger partial charge in [-0.15, -0.1) is 0 Å². The summed E-state index contributed by atoms with van der Waals surface area (Å²) in [4.78, 5) is 11.4. The quantitative estimate of drug-likeness (QED) is 0.898. The number of aliphatic hydroxyl groups is 1. The molecule has 0 spiro atoms. The van der Waals surface area contributed by atoms with Crippen molar-refractivity contribution in [2.24, 2.45) is 0 Å². The third-order valence-electron chi connectivity index (χ3n) is 2.21. The number of amides is 1. The van der Waals surface area contributed by atoms with Gasteiger partial charge in [-0.2, -0.15) is 8.78 Å². The summed E-state index contributed by atoms with van der Waals surface area (Å²) in [6.45, 7) is 3.46. The molecule has 0 fully saturated rings. The maximum Gasteiger partial charge on any atom is 0.412 e. The second-order valence-electron chi connectivity index (χ2n) is 5.18. The highest BCUT2D eigenvalue weighted by atomic mass is 19.3. The van der Waals surface area contributed by atoms with Crippen LogP contribution in [0.25, 0.3) is 0 Å². The zero-order valence-corrected chi connectivity index (χ0v) is 11.3. The van der Waals surface area contributed by atoms with Gasteiger partial charge in [0.25, 0.3) is 5.92 Å². The molecule has 0 saturated carbocycles. The van der Waals surface area contributed by atoms with Gasteiger partial charge in [-0.25, -0.2) is 9.18 Å². The summed E-state index contributed by atoms with van der Waals surface area (Å²) < 4.78 is 44.8. The van der Waals surface area contributed by atoms with E-state index >= 15 is 0 Å². The Morgan fingerprint density at radius 1 is 1.35 bits per heavy atom. The van der Waals surface area contributed by atoms with Gasteiger partial charge in [-0.05, 0) is 39.0 Å². The zero-order chi connectivity index (χ0) is 15.6. The number of hydrogen-bond donors (Lipinski definition) is 2. The lowest BCUT2D eigenvalue weighted by Gasteiger charge is -2.20. The topological polar surface area (TPSA) is 58.6 Å². The molecule has 2 N–H and O–H groups in total. The molecule has 0 aliphatic carbocycles. The fourth-order valence-corrected chi connectivity index (χ4v) is 1.40. The molecule has 1 aromatic rings. The van der Waals surface area contributed by atoms with Crippen molar-refractivity contribution in [1.82, 2.24) is 0 Å². The highest BCUT2D eigenvalue weighted by Crippen LogP contribution is 2.30. The lowest BCUT2D eigenvalue weighted by Crippen LogP contribution is -2.27. The minimum absolute atomic E-state index is 0.0192. The number of halogens is 3. The van der Waals surface area contributed by atoms with E-state index in [1.165, 1.54) is 0 Å². The second-order valence-corrected chi connectivity index (χ2v) is 5.18. The van der Waals surface area contributed by atoms with Crippen LogP contribution in [0.5, 0.6) is 0 Å². The Kier molecular flexibility index (Phi) is 4.65. The second kappa shape index (κ2) is 5.70. The van der Waals surface area contributed by atoms with Gasteiger partial charge in [0.15, 0.2) is 0 Å². The molecule has 0 aliphatic heterocycles. The zero-order valence-electron chi connectivity index (χ0n) is 11.3. The van der Waals surface area contributed by atoms with Gasteiger partial charge >= 0.3 is 6.09 Å². The number of aliphatic hydroxyl groups excluding tert-OH is 1. The van der Waals surface area contributed by atoms with E-state index in [1.54, 1.807) is 20.8 Å². The Bertz CT molecular complexity index is 498. The molecule has 0 unspecified atom stereocenters. The molecule has 4 nitrogen and oxygen atoms in total. The molecule has 0 bridgehead atoms. The number of alkyl halides is 2. The standard InChI is InChI=1S/C13H16F3NO3/c1-12(2,3)20-11(19)17-8-4-5-9(10(14)6-8)13(15,16)7-18/h4-6,18H,7H2,1-3H3,(H,17,19). The van der Waals surface area contributed by atoms with Gasteiger partial charge in [0.2, 0.25) is 0 Å². The minimum Gasteiger partial charge on any atom is -0.444 e. The number of carbonyl (C=O) groups is 1. The third-order valence-corrected chi connectivity index (χ3v) is 2.21. The van der Waals surface area contributed by atoms with Crippen LogP contribution in [-0.2, 0) is 10.7 Å². The first kappa shape index (κ1) is 16.3. The summed E-state index contributed by atoms with van der Waals surface area (Å²) in [6, 6.07) is 2.65. The van der Waals surface area contributed by atoms with E-state index < -0.39 is 35.6 Å². The number of benzene rings is 1. The Morgan fingerprint density at radius 2 is 1.95 bits per heavy atom. The van der Waals surface area contributed by atoms with Crippen molar-refractivity contribution >= 4 is 11.8 Å². The van der Waals surface area contributed by atoms with Crippen LogP contribution in [-0.4, -0.2) is 23.4 Å². The van der Waals surface area contributed by atoms with E-state index in [0.717, 1.165) is 18.2 Å². The summed E-state index contributed by atoms with van der Waals surface area (Å²) in [5, 5.41) is 10.7. The average Bonchev–Trinajstić information content (AvgIpc) is 2.25. The SMILES string of the molecule is CC(C)(C)OC(=O)Nc1ccc(C(F)(F)CO)c(F)c1. The Hall–Kier alpha value is -1.76. The largest absolute Gasteiger partial charge is 0.444 e. The van der Waals surface area contributed by atoms with Crippen molar-refractivity contribution in [1.29, 1.82) is 0 Å². The summed E-state index contributed by atoms with van der Waals surface area (Å²) in [5.74, 6) is -4.90. The first-order chi connectivity index (χ1) is 9.05. The molecule has 112 valence electrons. The fourth-order valence-electron chi connectivity index (χ4n) is 1.40. The maximum atomic E-state index is 13.5. The number of ether oxygens (including phenoxy) is 1. The van der Waals surface area contributed by atoms with Crippen molar-refractivity contribution in [3.05, 3.63) is 29.6 Å². The molecule has 0 aliphatic rings. The van der Waals surface area contributed by atoms with Gasteiger partial charge in [0.1, 0.15) is 18.0 Å². The summed E-state index contributed by atoms with van der Waals surface area (Å²) in [7, 11) is 0. The molecule has 1 amide bonds. The molecule has 0 atom stereocenters. The Labute approximate surface area is 114 Å². The smallest absolute Gasteiger partial charge is 0.412 e. The van der Waals surface area contributed by atoms with E-state index in [9.17, 15) is 18.0 Å². The van der Waals surface area contributed by atoms with Gasteiger partial charge in [0, 0.05) is 5.69 Å². The van der Waals surface area contributed by atoms with Crippen molar-refractivity contribution in [2.75, 3.05) is 11.9 Å².